The molecule has 0 bridgehead atoms. The minimum Gasteiger partial charge on any atom is -0.508 e. The van der Waals surface area contributed by atoms with Crippen LogP contribution >= 0.6 is 0 Å². The second-order valence-corrected chi connectivity index (χ2v) is 10.4. The van der Waals surface area contributed by atoms with Gasteiger partial charge in [0.1, 0.15) is 11.8 Å². The molecular formula is C30H40N2O4. The highest BCUT2D eigenvalue weighted by Gasteiger charge is 2.27. The Kier molecular flexibility index (Phi) is 10.1. The third-order valence-electron chi connectivity index (χ3n) is 6.47. The van der Waals surface area contributed by atoms with Gasteiger partial charge in [0.25, 0.3) is 0 Å². The molecule has 1 aromatic rings. The number of nitrogens with zero attached hydrogens (tertiary/aromatic N) is 1. The van der Waals surface area contributed by atoms with Crippen LogP contribution in [0.2, 0.25) is 0 Å². The van der Waals surface area contributed by atoms with Crippen molar-refractivity contribution in [3.05, 3.63) is 82.5 Å². The Balaban J connectivity index is 2.11. The van der Waals surface area contributed by atoms with E-state index in [2.05, 4.69) is 38.2 Å². The Labute approximate surface area is 215 Å². The van der Waals surface area contributed by atoms with Crippen LogP contribution in [0.4, 0.5) is 5.69 Å². The van der Waals surface area contributed by atoms with Gasteiger partial charge in [-0.25, -0.2) is 0 Å². The number of phenolic OH excluding ortho intramolecular Hbond substituents is 1. The number of likely N-dealkylation sites (N-methyl/N-ethyl adjacent to an activating group) is 1. The fourth-order valence-electron chi connectivity index (χ4n) is 4.58. The van der Waals surface area contributed by atoms with Crippen LogP contribution in [0, 0.1) is 5.41 Å². The van der Waals surface area contributed by atoms with E-state index in [1.807, 2.05) is 32.1 Å². The van der Waals surface area contributed by atoms with Crippen LogP contribution in [0.25, 0.3) is 0 Å². The maximum Gasteiger partial charge on any atom is 0.325 e. The summed E-state index contributed by atoms with van der Waals surface area (Å²) in [6.07, 6.45) is 15.2. The number of amides is 1. The molecule has 0 spiro atoms. The molecular weight excluding hydrogens is 452 g/mol. The van der Waals surface area contributed by atoms with E-state index in [1.165, 1.54) is 53.2 Å². The fraction of sp³-hybridized carbons (Fsp3) is 0.400. The lowest BCUT2D eigenvalue weighted by atomic mass is 9.72. The van der Waals surface area contributed by atoms with E-state index in [4.69, 9.17) is 0 Å². The highest BCUT2D eigenvalue weighted by molar-refractivity contribution is 6.01. The fourth-order valence-corrected chi connectivity index (χ4v) is 4.58. The molecule has 1 aliphatic rings. The molecule has 0 aromatic heterocycles. The van der Waals surface area contributed by atoms with Crippen LogP contribution in [-0.4, -0.2) is 41.1 Å². The van der Waals surface area contributed by atoms with E-state index in [-0.39, 0.29) is 17.1 Å². The summed E-state index contributed by atoms with van der Waals surface area (Å²) in [7, 11) is 3.25. The molecule has 36 heavy (non-hydrogen) atoms. The second-order valence-electron chi connectivity index (χ2n) is 10.4. The van der Waals surface area contributed by atoms with Crippen molar-refractivity contribution < 1.29 is 19.8 Å². The average molecular weight is 493 g/mol. The van der Waals surface area contributed by atoms with Gasteiger partial charge in [0.15, 0.2) is 0 Å². The van der Waals surface area contributed by atoms with Crippen molar-refractivity contribution in [2.45, 2.75) is 59.9 Å². The Morgan fingerprint density at radius 2 is 1.83 bits per heavy atom. The van der Waals surface area contributed by atoms with Crippen LogP contribution in [0.5, 0.6) is 5.75 Å². The molecule has 0 fully saturated rings. The number of benzene rings is 1. The molecule has 6 nitrogen and oxygen atoms in total. The van der Waals surface area contributed by atoms with E-state index >= 15 is 0 Å². The summed E-state index contributed by atoms with van der Waals surface area (Å²) in [4.78, 5) is 25.9. The summed E-state index contributed by atoms with van der Waals surface area (Å²) in [5.74, 6) is -1.53. The van der Waals surface area contributed by atoms with Crippen LogP contribution in [0.15, 0.2) is 76.9 Å². The standard InChI is InChI=1S/C30H40N2O4/c1-20(13-15-25-22(3)12-9-17-30(25,4)5)10-8-11-21(2)18-27(34)31-26-16-14-23(33)19-24(26)28(29(35)36)32(6)7/h8,10-11,13-16,18-19,28,33H,9,12,17H2,1-7H3,(H,31,34)(H,35,36)/b11-8+,15-13+,20-10+,21-18+. The first-order valence-corrected chi connectivity index (χ1v) is 12.3. The average Bonchev–Trinajstić information content (AvgIpc) is 2.74. The van der Waals surface area contributed by atoms with Gasteiger partial charge in [-0.3, -0.25) is 14.5 Å². The van der Waals surface area contributed by atoms with Crippen LogP contribution in [0.1, 0.15) is 65.5 Å². The molecule has 2 rings (SSSR count). The third kappa shape index (κ3) is 8.09. The van der Waals surface area contributed by atoms with E-state index in [1.54, 1.807) is 14.1 Å². The summed E-state index contributed by atoms with van der Waals surface area (Å²) in [5, 5.41) is 22.2. The first kappa shape index (κ1) is 28.9. The lowest BCUT2D eigenvalue weighted by molar-refractivity contribution is -0.142. The van der Waals surface area contributed by atoms with Gasteiger partial charge in [0.05, 0.1) is 0 Å². The van der Waals surface area contributed by atoms with Gasteiger partial charge in [-0.2, -0.15) is 0 Å². The van der Waals surface area contributed by atoms with Crippen LogP contribution < -0.4 is 5.32 Å². The van der Waals surface area contributed by atoms with Gasteiger partial charge in [-0.05, 0) is 88.9 Å². The highest BCUT2D eigenvalue weighted by atomic mass is 16.4. The molecule has 0 heterocycles. The Morgan fingerprint density at radius 3 is 2.44 bits per heavy atom. The van der Waals surface area contributed by atoms with Gasteiger partial charge >= 0.3 is 5.97 Å². The summed E-state index contributed by atoms with van der Waals surface area (Å²) in [6.45, 7) is 10.7. The van der Waals surface area contributed by atoms with Gasteiger partial charge in [-0.15, -0.1) is 0 Å². The minimum atomic E-state index is -1.08. The molecule has 0 radical (unpaired) electrons. The molecule has 0 saturated carbocycles. The quantitative estimate of drug-likeness (QED) is 0.207. The van der Waals surface area contributed by atoms with Gasteiger partial charge < -0.3 is 15.5 Å². The van der Waals surface area contributed by atoms with Crippen molar-refractivity contribution in [3.63, 3.8) is 0 Å². The molecule has 1 aromatic carbocycles. The monoisotopic (exact) mass is 492 g/mol. The summed E-state index contributed by atoms with van der Waals surface area (Å²) in [5.41, 5.74) is 5.59. The van der Waals surface area contributed by atoms with Gasteiger partial charge in [-0.1, -0.05) is 55.4 Å². The number of aliphatic carboxylic acids is 1. The Hall–Kier alpha value is -3.38. The molecule has 0 saturated heterocycles. The van der Waals surface area contributed by atoms with Crippen LogP contribution in [-0.2, 0) is 9.59 Å². The molecule has 1 atom stereocenters. The van der Waals surface area contributed by atoms with E-state index in [0.717, 1.165) is 17.6 Å². The maximum atomic E-state index is 12.6. The van der Waals surface area contributed by atoms with Crippen molar-refractivity contribution in [1.82, 2.24) is 4.90 Å². The number of nitrogens with one attached hydrogen (secondary N) is 1. The number of carboxylic acid groups (broad SMARTS) is 1. The zero-order valence-corrected chi connectivity index (χ0v) is 22.6. The highest BCUT2D eigenvalue weighted by Crippen LogP contribution is 2.40. The number of anilines is 1. The topological polar surface area (TPSA) is 89.9 Å². The minimum absolute atomic E-state index is 0.0690. The smallest absolute Gasteiger partial charge is 0.325 e. The molecule has 0 aliphatic heterocycles. The zero-order chi connectivity index (χ0) is 27.0. The summed E-state index contributed by atoms with van der Waals surface area (Å²) in [6, 6.07) is 3.26. The Morgan fingerprint density at radius 1 is 1.14 bits per heavy atom. The number of carbonyl (C=O) groups excluding carboxylic acids is 1. The number of hydrogen-bond donors (Lipinski definition) is 3. The maximum absolute atomic E-state index is 12.6. The summed E-state index contributed by atoms with van der Waals surface area (Å²) < 4.78 is 0. The predicted molar refractivity (Wildman–Crippen MR) is 147 cm³/mol. The van der Waals surface area contributed by atoms with Crippen molar-refractivity contribution in [1.29, 1.82) is 0 Å². The number of carboxylic acids is 1. The predicted octanol–water partition coefficient (Wildman–Crippen LogP) is 6.55. The number of aromatic hydroxyl groups is 1. The van der Waals surface area contributed by atoms with Crippen LogP contribution in [0.3, 0.4) is 0 Å². The molecule has 1 aliphatic carbocycles. The number of hydrogen-bond acceptors (Lipinski definition) is 4. The Bertz CT molecular complexity index is 1130. The zero-order valence-electron chi connectivity index (χ0n) is 22.6. The molecule has 1 amide bonds. The number of rotatable bonds is 9. The summed E-state index contributed by atoms with van der Waals surface area (Å²) >= 11 is 0. The first-order valence-electron chi connectivity index (χ1n) is 12.3. The second kappa shape index (κ2) is 12.5. The lowest BCUT2D eigenvalue weighted by Crippen LogP contribution is -2.28. The van der Waals surface area contributed by atoms with Crippen molar-refractivity contribution in [3.8, 4) is 5.75 Å². The number of phenols is 1. The molecule has 1 unspecified atom stereocenters. The first-order chi connectivity index (χ1) is 16.8. The molecule has 194 valence electrons. The van der Waals surface area contributed by atoms with Gasteiger partial charge in [0.2, 0.25) is 5.91 Å². The molecule has 3 N–H and O–H groups in total. The third-order valence-corrected chi connectivity index (χ3v) is 6.47. The SMILES string of the molecule is CC1=C(/C=C/C(C)=C/C=C/C(C)=C/C(=O)Nc2ccc(O)cc2C(C(=O)O)N(C)C)C(C)(C)CCC1. The van der Waals surface area contributed by atoms with Crippen molar-refractivity contribution in [2.24, 2.45) is 5.41 Å². The van der Waals surface area contributed by atoms with Crippen molar-refractivity contribution in [2.75, 3.05) is 19.4 Å². The van der Waals surface area contributed by atoms with E-state index in [9.17, 15) is 19.8 Å². The normalized spacial score (nSPS) is 17.8. The largest absolute Gasteiger partial charge is 0.508 e. The molecule has 6 heteroatoms. The van der Waals surface area contributed by atoms with E-state index in [0.29, 0.717) is 11.3 Å². The lowest BCUT2D eigenvalue weighted by Gasteiger charge is -2.32. The van der Waals surface area contributed by atoms with Crippen molar-refractivity contribution >= 4 is 17.6 Å². The number of allylic oxidation sites excluding steroid dienone is 9. The van der Waals surface area contributed by atoms with E-state index < -0.39 is 12.0 Å². The van der Waals surface area contributed by atoms with Gasteiger partial charge in [0, 0.05) is 17.3 Å². The number of carbonyl (C=O) groups is 2.